The first-order valence-electron chi connectivity index (χ1n) is 23.5. The summed E-state index contributed by atoms with van der Waals surface area (Å²) >= 11 is 0. The first-order chi connectivity index (χ1) is 35.1. The van der Waals surface area contributed by atoms with Crippen LogP contribution in [0, 0.1) is 0 Å². The van der Waals surface area contributed by atoms with E-state index in [4.69, 9.17) is 33.8 Å². The minimum absolute atomic E-state index is 0.546. The van der Waals surface area contributed by atoms with E-state index in [0.717, 1.165) is 72.3 Å². The second kappa shape index (κ2) is 16.5. The van der Waals surface area contributed by atoms with Crippen molar-refractivity contribution in [2.45, 2.75) is 0 Å². The Balaban J connectivity index is 0.844. The van der Waals surface area contributed by atoms with E-state index in [1.54, 1.807) is 0 Å². The fourth-order valence-corrected chi connectivity index (χ4v) is 9.71. The van der Waals surface area contributed by atoms with E-state index >= 15 is 0 Å². The molecule has 0 spiro atoms. The number of para-hydroxylation sites is 4. The molecule has 0 fully saturated rings. The second-order valence-electron chi connectivity index (χ2n) is 17.7. The van der Waals surface area contributed by atoms with Crippen LogP contribution >= 0.6 is 0 Å². The van der Waals surface area contributed by atoms with E-state index in [0.29, 0.717) is 29.3 Å². The van der Waals surface area contributed by atoms with Gasteiger partial charge in [0.05, 0.1) is 11.0 Å². The van der Waals surface area contributed by atoms with Crippen molar-refractivity contribution in [1.82, 2.24) is 29.5 Å². The highest BCUT2D eigenvalue weighted by Crippen LogP contribution is 2.39. The van der Waals surface area contributed by atoms with Crippen LogP contribution in [-0.2, 0) is 0 Å². The summed E-state index contributed by atoms with van der Waals surface area (Å²) in [6.45, 7) is 0. The van der Waals surface area contributed by atoms with Gasteiger partial charge in [0.25, 0.3) is 0 Å². The average Bonchev–Trinajstić information content (AvgIpc) is 4.17. The number of nitrogens with zero attached hydrogens (tertiary/aromatic N) is 6. The Bertz CT molecular complexity index is 4120. The highest BCUT2D eigenvalue weighted by Gasteiger charge is 2.18. The molecule has 8 nitrogen and oxygen atoms in total. The van der Waals surface area contributed by atoms with E-state index in [1.807, 2.05) is 97.1 Å². The predicted molar refractivity (Wildman–Crippen MR) is 285 cm³/mol. The molecule has 10 aromatic carbocycles. The third-order valence-electron chi connectivity index (χ3n) is 13.3. The summed E-state index contributed by atoms with van der Waals surface area (Å²) in [6.07, 6.45) is 0. The minimum atomic E-state index is 0.546. The van der Waals surface area contributed by atoms with Crippen LogP contribution in [0.1, 0.15) is 0 Å². The van der Waals surface area contributed by atoms with Gasteiger partial charge in [0, 0.05) is 44.3 Å². The molecule has 0 aliphatic carbocycles. The Hall–Kier alpha value is -9.79. The van der Waals surface area contributed by atoms with Crippen LogP contribution in [0.25, 0.3) is 140 Å². The van der Waals surface area contributed by atoms with E-state index < -0.39 is 0 Å². The van der Waals surface area contributed by atoms with Gasteiger partial charge < -0.3 is 13.4 Å². The second-order valence-corrected chi connectivity index (χ2v) is 17.7. The number of aromatic nitrogens is 6. The highest BCUT2D eigenvalue weighted by atomic mass is 16.4. The summed E-state index contributed by atoms with van der Waals surface area (Å²) in [5, 5.41) is 4.81. The monoisotopic (exact) mass is 910 g/mol. The standard InChI is InChI=1S/C63H38N6O2/c1-2-11-39(12-3-1)46-15-10-16-50(35-46)69-55-34-33-49(37-51(55)52-36-47-13-4-5-14-48(47)38-56(52)69)40-21-23-41(24-22-40)59-66-60(42-25-29-44(30-26-42)62-64-53-17-6-8-19-57(53)70-62)68-61(67-59)43-27-31-45(32-28-43)63-65-54-18-7-9-20-58(54)71-63/h1-38H. The number of hydrogen-bond acceptors (Lipinski definition) is 7. The zero-order valence-electron chi connectivity index (χ0n) is 37.9. The smallest absolute Gasteiger partial charge is 0.227 e. The van der Waals surface area contributed by atoms with Crippen molar-refractivity contribution in [3.63, 3.8) is 0 Å². The summed E-state index contributed by atoms with van der Waals surface area (Å²) < 4.78 is 14.6. The van der Waals surface area contributed by atoms with Gasteiger partial charge in [0.15, 0.2) is 28.6 Å². The van der Waals surface area contributed by atoms with Crippen LogP contribution < -0.4 is 0 Å². The lowest BCUT2D eigenvalue weighted by Crippen LogP contribution is -2.00. The molecule has 4 aromatic heterocycles. The summed E-state index contributed by atoms with van der Waals surface area (Å²) in [5.41, 5.74) is 15.4. The fraction of sp³-hybridized carbons (Fsp3) is 0. The van der Waals surface area contributed by atoms with Gasteiger partial charge in [-0.05, 0) is 118 Å². The van der Waals surface area contributed by atoms with Gasteiger partial charge in [-0.1, -0.05) is 146 Å². The maximum Gasteiger partial charge on any atom is 0.227 e. The Morgan fingerprint density at radius 3 is 1.30 bits per heavy atom. The van der Waals surface area contributed by atoms with Crippen molar-refractivity contribution >= 4 is 54.8 Å². The molecule has 0 atom stereocenters. The van der Waals surface area contributed by atoms with Crippen LogP contribution in [0.4, 0.5) is 0 Å². The molecular weight excluding hydrogens is 873 g/mol. The van der Waals surface area contributed by atoms with Crippen molar-refractivity contribution in [3.8, 4) is 85.0 Å². The zero-order valence-corrected chi connectivity index (χ0v) is 37.9. The maximum absolute atomic E-state index is 6.08. The third-order valence-corrected chi connectivity index (χ3v) is 13.3. The van der Waals surface area contributed by atoms with Gasteiger partial charge in [-0.3, -0.25) is 0 Å². The van der Waals surface area contributed by atoms with Gasteiger partial charge in [-0.25, -0.2) is 24.9 Å². The zero-order chi connectivity index (χ0) is 46.8. The maximum atomic E-state index is 6.08. The number of rotatable bonds is 8. The summed E-state index contributed by atoms with van der Waals surface area (Å²) in [4.78, 5) is 24.7. The fourth-order valence-electron chi connectivity index (χ4n) is 9.71. The van der Waals surface area contributed by atoms with Gasteiger partial charge in [-0.15, -0.1) is 0 Å². The quantitative estimate of drug-likeness (QED) is 0.150. The third kappa shape index (κ3) is 7.21. The molecule has 0 amide bonds. The average molecular weight is 911 g/mol. The number of oxazole rings is 2. The largest absolute Gasteiger partial charge is 0.436 e. The van der Waals surface area contributed by atoms with E-state index in [9.17, 15) is 0 Å². The molecule has 0 N–H and O–H groups in total. The van der Waals surface area contributed by atoms with Crippen LogP contribution in [0.2, 0.25) is 0 Å². The Labute approximate surface area is 406 Å². The molecule has 0 aliphatic rings. The van der Waals surface area contributed by atoms with Gasteiger partial charge in [0.1, 0.15) is 11.0 Å². The van der Waals surface area contributed by atoms with Crippen molar-refractivity contribution in [2.75, 3.05) is 0 Å². The van der Waals surface area contributed by atoms with Gasteiger partial charge >= 0.3 is 0 Å². The van der Waals surface area contributed by atoms with Crippen LogP contribution in [-0.4, -0.2) is 29.5 Å². The molecule has 0 unspecified atom stereocenters. The van der Waals surface area contributed by atoms with E-state index in [1.165, 1.54) is 38.2 Å². The molecule has 71 heavy (non-hydrogen) atoms. The summed E-state index contributed by atoms with van der Waals surface area (Å²) in [5.74, 6) is 2.77. The highest BCUT2D eigenvalue weighted by molar-refractivity contribution is 6.14. The summed E-state index contributed by atoms with van der Waals surface area (Å²) in [7, 11) is 0. The molecule has 0 bridgehead atoms. The molecule has 14 rings (SSSR count). The molecule has 0 radical (unpaired) electrons. The topological polar surface area (TPSA) is 95.7 Å². The van der Waals surface area contributed by atoms with Gasteiger partial charge in [-0.2, -0.15) is 0 Å². The van der Waals surface area contributed by atoms with Crippen molar-refractivity contribution in [3.05, 3.63) is 231 Å². The molecule has 4 heterocycles. The number of benzene rings is 10. The van der Waals surface area contributed by atoms with Gasteiger partial charge in [0.2, 0.25) is 11.8 Å². The molecule has 332 valence electrons. The SMILES string of the molecule is c1ccc(-c2cccc(-n3c4ccc(-c5ccc(-c6nc(-c7ccc(-c8nc9ccccc9o8)cc7)nc(-c7ccc(-c8nc9ccccc9o8)cc7)n6)cc5)cc4c4cc5ccccc5cc43)c2)cc1. The summed E-state index contributed by atoms with van der Waals surface area (Å²) in [6, 6.07) is 79.5. The lowest BCUT2D eigenvalue weighted by molar-refractivity contribution is 0.619. The predicted octanol–water partition coefficient (Wildman–Crippen LogP) is 16.1. The Morgan fingerprint density at radius 1 is 0.282 bits per heavy atom. The lowest BCUT2D eigenvalue weighted by atomic mass is 10.0. The molecular formula is C63H38N6O2. The number of fused-ring (bicyclic) bond motifs is 6. The normalized spacial score (nSPS) is 11.7. The van der Waals surface area contributed by atoms with Crippen LogP contribution in [0.5, 0.6) is 0 Å². The first-order valence-corrected chi connectivity index (χ1v) is 23.5. The van der Waals surface area contributed by atoms with E-state index in [-0.39, 0.29) is 0 Å². The molecule has 0 saturated heterocycles. The lowest BCUT2D eigenvalue weighted by Gasteiger charge is -2.11. The van der Waals surface area contributed by atoms with Crippen LogP contribution in [0.3, 0.4) is 0 Å². The van der Waals surface area contributed by atoms with E-state index in [2.05, 4.69) is 138 Å². The Morgan fingerprint density at radius 2 is 0.718 bits per heavy atom. The first kappa shape index (κ1) is 40.3. The molecule has 0 aliphatic heterocycles. The van der Waals surface area contributed by atoms with Crippen molar-refractivity contribution < 1.29 is 8.83 Å². The minimum Gasteiger partial charge on any atom is -0.436 e. The molecule has 0 saturated carbocycles. The van der Waals surface area contributed by atoms with Crippen molar-refractivity contribution in [1.29, 1.82) is 0 Å². The van der Waals surface area contributed by atoms with Crippen molar-refractivity contribution in [2.24, 2.45) is 0 Å². The van der Waals surface area contributed by atoms with Crippen LogP contribution in [0.15, 0.2) is 239 Å². The molecule has 14 aromatic rings. The number of hydrogen-bond donors (Lipinski definition) is 0. The Kier molecular flexibility index (Phi) is 9.35. The molecule has 8 heteroatoms.